The first-order valence-corrected chi connectivity index (χ1v) is 6.23. The van der Waals surface area contributed by atoms with Crippen LogP contribution in [0.5, 0.6) is 0 Å². The number of aryl methyl sites for hydroxylation is 1. The van der Waals surface area contributed by atoms with Gasteiger partial charge >= 0.3 is 0 Å². The zero-order chi connectivity index (χ0) is 12.4. The Hall–Kier alpha value is -1.23. The molecule has 0 radical (unpaired) electrons. The van der Waals surface area contributed by atoms with Gasteiger partial charge in [-0.05, 0) is 53.3 Å². The lowest BCUT2D eigenvalue weighted by atomic mass is 10.0. The van der Waals surface area contributed by atoms with Crippen molar-refractivity contribution in [3.05, 3.63) is 68.5 Å². The Morgan fingerprint density at radius 1 is 1.18 bits per heavy atom. The van der Waals surface area contributed by atoms with Crippen LogP contribution < -0.4 is 0 Å². The minimum absolute atomic E-state index is 0.145. The molecule has 0 aromatic heterocycles. The van der Waals surface area contributed by atoms with E-state index >= 15 is 0 Å². The van der Waals surface area contributed by atoms with Crippen LogP contribution in [-0.2, 0) is 0 Å². The second-order valence-corrected chi connectivity index (χ2v) is 4.94. The first-order valence-electron chi connectivity index (χ1n) is 5.15. The first-order chi connectivity index (χ1) is 8.09. The highest BCUT2D eigenvalue weighted by atomic mass is 127. The van der Waals surface area contributed by atoms with E-state index in [1.165, 1.54) is 6.07 Å². The van der Waals surface area contributed by atoms with E-state index in [9.17, 15) is 9.18 Å². The summed E-state index contributed by atoms with van der Waals surface area (Å²) in [5.74, 6) is -0.490. The molecule has 0 aliphatic carbocycles. The maximum atomic E-state index is 13.4. The van der Waals surface area contributed by atoms with Crippen LogP contribution in [0.1, 0.15) is 21.5 Å². The highest BCUT2D eigenvalue weighted by molar-refractivity contribution is 14.1. The fraction of sp³-hybridized carbons (Fsp3) is 0.0714. The standard InChI is InChI=1S/C14H10FIO/c1-9-6-7-10(8-12(9)15)14(17)11-4-2-3-5-13(11)16/h2-8H,1H3. The quantitative estimate of drug-likeness (QED) is 0.597. The Morgan fingerprint density at radius 3 is 2.53 bits per heavy atom. The zero-order valence-corrected chi connectivity index (χ0v) is 11.4. The molecule has 0 heterocycles. The zero-order valence-electron chi connectivity index (χ0n) is 9.21. The molecular weight excluding hydrogens is 330 g/mol. The molecule has 86 valence electrons. The van der Waals surface area contributed by atoms with Crippen molar-refractivity contribution in [3.63, 3.8) is 0 Å². The molecule has 2 aromatic carbocycles. The van der Waals surface area contributed by atoms with Crippen LogP contribution >= 0.6 is 22.6 Å². The molecule has 0 spiro atoms. The number of hydrogen-bond donors (Lipinski definition) is 0. The fourth-order valence-corrected chi connectivity index (χ4v) is 2.17. The minimum atomic E-state index is -0.346. The lowest BCUT2D eigenvalue weighted by Crippen LogP contribution is -2.04. The van der Waals surface area contributed by atoms with Gasteiger partial charge in [0.1, 0.15) is 5.82 Å². The third kappa shape index (κ3) is 2.54. The van der Waals surface area contributed by atoms with E-state index in [0.29, 0.717) is 16.7 Å². The van der Waals surface area contributed by atoms with Gasteiger partial charge in [-0.25, -0.2) is 4.39 Å². The Balaban J connectivity index is 2.44. The molecule has 0 fully saturated rings. The molecule has 2 aromatic rings. The van der Waals surface area contributed by atoms with Crippen molar-refractivity contribution in [3.8, 4) is 0 Å². The van der Waals surface area contributed by atoms with Crippen LogP contribution in [0, 0.1) is 16.3 Å². The van der Waals surface area contributed by atoms with Gasteiger partial charge in [0.15, 0.2) is 5.78 Å². The summed E-state index contributed by atoms with van der Waals surface area (Å²) in [4.78, 5) is 12.2. The summed E-state index contributed by atoms with van der Waals surface area (Å²) in [5, 5.41) is 0. The van der Waals surface area contributed by atoms with Gasteiger partial charge in [0.2, 0.25) is 0 Å². The average molecular weight is 340 g/mol. The summed E-state index contributed by atoms with van der Waals surface area (Å²) >= 11 is 2.10. The maximum Gasteiger partial charge on any atom is 0.194 e. The van der Waals surface area contributed by atoms with Crippen LogP contribution in [0.2, 0.25) is 0 Å². The monoisotopic (exact) mass is 340 g/mol. The lowest BCUT2D eigenvalue weighted by molar-refractivity contribution is 0.103. The van der Waals surface area contributed by atoms with Crippen LogP contribution in [0.25, 0.3) is 0 Å². The molecule has 17 heavy (non-hydrogen) atoms. The molecule has 2 rings (SSSR count). The molecule has 0 aliphatic heterocycles. The number of ketones is 1. The van der Waals surface area contributed by atoms with E-state index in [1.807, 2.05) is 12.1 Å². The molecule has 0 saturated heterocycles. The van der Waals surface area contributed by atoms with Crippen molar-refractivity contribution in [1.29, 1.82) is 0 Å². The Morgan fingerprint density at radius 2 is 1.88 bits per heavy atom. The summed E-state index contributed by atoms with van der Waals surface area (Å²) in [6.07, 6.45) is 0. The second kappa shape index (κ2) is 4.96. The summed E-state index contributed by atoms with van der Waals surface area (Å²) in [5.41, 5.74) is 1.54. The number of hydrogen-bond acceptors (Lipinski definition) is 1. The molecule has 0 atom stereocenters. The molecule has 0 amide bonds. The molecule has 3 heteroatoms. The molecule has 0 N–H and O–H groups in total. The van der Waals surface area contributed by atoms with Gasteiger partial charge in [0, 0.05) is 14.7 Å². The Bertz CT molecular complexity index is 578. The molecule has 0 aliphatic rings. The van der Waals surface area contributed by atoms with Crippen molar-refractivity contribution in [2.75, 3.05) is 0 Å². The van der Waals surface area contributed by atoms with Crippen LogP contribution in [0.4, 0.5) is 4.39 Å². The third-order valence-corrected chi connectivity index (χ3v) is 3.49. The Kier molecular flexibility index (Phi) is 3.57. The molecule has 0 bridgehead atoms. The fourth-order valence-electron chi connectivity index (χ4n) is 1.53. The van der Waals surface area contributed by atoms with E-state index in [-0.39, 0.29) is 11.6 Å². The van der Waals surface area contributed by atoms with E-state index in [4.69, 9.17) is 0 Å². The average Bonchev–Trinajstić information content (AvgIpc) is 2.32. The maximum absolute atomic E-state index is 13.4. The van der Waals surface area contributed by atoms with Gasteiger partial charge < -0.3 is 0 Å². The summed E-state index contributed by atoms with van der Waals surface area (Å²) in [7, 11) is 0. The van der Waals surface area contributed by atoms with Gasteiger partial charge in [-0.3, -0.25) is 4.79 Å². The first kappa shape index (κ1) is 12.2. The highest BCUT2D eigenvalue weighted by Gasteiger charge is 2.13. The van der Waals surface area contributed by atoms with Crippen molar-refractivity contribution in [1.82, 2.24) is 0 Å². The van der Waals surface area contributed by atoms with Gasteiger partial charge in [-0.15, -0.1) is 0 Å². The predicted octanol–water partition coefficient (Wildman–Crippen LogP) is 3.97. The number of benzene rings is 2. The van der Waals surface area contributed by atoms with Gasteiger partial charge in [-0.1, -0.05) is 24.3 Å². The number of rotatable bonds is 2. The van der Waals surface area contributed by atoms with Gasteiger partial charge in [-0.2, -0.15) is 0 Å². The number of carbonyl (C=O) groups is 1. The van der Waals surface area contributed by atoms with Crippen LogP contribution in [-0.4, -0.2) is 5.78 Å². The van der Waals surface area contributed by atoms with Crippen LogP contribution in [0.3, 0.4) is 0 Å². The lowest BCUT2D eigenvalue weighted by Gasteiger charge is -2.04. The topological polar surface area (TPSA) is 17.1 Å². The highest BCUT2D eigenvalue weighted by Crippen LogP contribution is 2.18. The van der Waals surface area contributed by atoms with Gasteiger partial charge in [0.25, 0.3) is 0 Å². The Labute approximate surface area is 113 Å². The summed E-state index contributed by atoms with van der Waals surface area (Å²) in [6, 6.07) is 11.9. The van der Waals surface area contributed by atoms with E-state index < -0.39 is 0 Å². The molecular formula is C14H10FIO. The molecule has 1 nitrogen and oxygen atoms in total. The summed E-state index contributed by atoms with van der Waals surface area (Å²) < 4.78 is 14.3. The van der Waals surface area contributed by atoms with Crippen molar-refractivity contribution < 1.29 is 9.18 Å². The summed E-state index contributed by atoms with van der Waals surface area (Å²) in [6.45, 7) is 1.68. The number of halogens is 2. The normalized spacial score (nSPS) is 10.3. The van der Waals surface area contributed by atoms with Crippen molar-refractivity contribution in [2.24, 2.45) is 0 Å². The van der Waals surface area contributed by atoms with E-state index in [2.05, 4.69) is 22.6 Å². The minimum Gasteiger partial charge on any atom is -0.289 e. The van der Waals surface area contributed by atoms with Crippen molar-refractivity contribution >= 4 is 28.4 Å². The molecule has 0 unspecified atom stereocenters. The van der Waals surface area contributed by atoms with E-state index in [0.717, 1.165) is 3.57 Å². The van der Waals surface area contributed by atoms with Crippen LogP contribution in [0.15, 0.2) is 42.5 Å². The second-order valence-electron chi connectivity index (χ2n) is 3.77. The largest absolute Gasteiger partial charge is 0.289 e. The smallest absolute Gasteiger partial charge is 0.194 e. The molecule has 0 saturated carbocycles. The van der Waals surface area contributed by atoms with Crippen molar-refractivity contribution in [2.45, 2.75) is 6.92 Å². The van der Waals surface area contributed by atoms with E-state index in [1.54, 1.807) is 31.2 Å². The number of carbonyl (C=O) groups excluding carboxylic acids is 1. The SMILES string of the molecule is Cc1ccc(C(=O)c2ccccc2I)cc1F. The van der Waals surface area contributed by atoms with Gasteiger partial charge in [0.05, 0.1) is 0 Å². The third-order valence-electron chi connectivity index (χ3n) is 2.55. The predicted molar refractivity (Wildman–Crippen MR) is 73.7 cm³/mol.